The second kappa shape index (κ2) is 9.41. The lowest BCUT2D eigenvalue weighted by atomic mass is 10.1. The van der Waals surface area contributed by atoms with E-state index in [-0.39, 0.29) is 31.4 Å². The van der Waals surface area contributed by atoms with Crippen LogP contribution in [0.1, 0.15) is 12.0 Å². The van der Waals surface area contributed by atoms with E-state index < -0.39 is 11.9 Å². The van der Waals surface area contributed by atoms with Crippen molar-refractivity contribution in [3.05, 3.63) is 60.2 Å². The standard InChI is InChI=1S/C21H22N2O4S/c1-28-18-9-5-8-17(11-18)23-13-16(10-20(23)25)21(26)27-14-19(24)22-12-15-6-3-2-4-7-15/h2-9,11,16H,10,12-14H2,1H3,(H,22,24)/t16-/m0/s1. The predicted molar refractivity (Wildman–Crippen MR) is 108 cm³/mol. The molecule has 0 aliphatic carbocycles. The van der Waals surface area contributed by atoms with Gasteiger partial charge in [-0.1, -0.05) is 36.4 Å². The molecular formula is C21H22N2O4S. The minimum absolute atomic E-state index is 0.0912. The fraction of sp³-hybridized carbons (Fsp3) is 0.286. The molecule has 1 atom stereocenters. The SMILES string of the molecule is CSc1cccc(N2C[C@@H](C(=O)OCC(=O)NCc3ccccc3)CC2=O)c1. The molecule has 146 valence electrons. The number of hydrogen-bond donors (Lipinski definition) is 1. The molecule has 2 aromatic carbocycles. The topological polar surface area (TPSA) is 75.7 Å². The molecule has 1 heterocycles. The van der Waals surface area contributed by atoms with Crippen molar-refractivity contribution >= 4 is 35.2 Å². The number of nitrogens with one attached hydrogen (secondary N) is 1. The maximum atomic E-state index is 12.3. The van der Waals surface area contributed by atoms with Crippen LogP contribution in [0, 0.1) is 5.92 Å². The molecular weight excluding hydrogens is 376 g/mol. The Morgan fingerprint density at radius 2 is 1.96 bits per heavy atom. The Bertz CT molecular complexity index is 856. The molecule has 0 unspecified atom stereocenters. The molecule has 1 aliphatic heterocycles. The molecule has 2 amide bonds. The highest BCUT2D eigenvalue weighted by Crippen LogP contribution is 2.28. The van der Waals surface area contributed by atoms with Gasteiger partial charge in [-0.25, -0.2) is 0 Å². The number of carbonyl (C=O) groups is 3. The lowest BCUT2D eigenvalue weighted by Gasteiger charge is -2.17. The maximum absolute atomic E-state index is 12.3. The Morgan fingerprint density at radius 1 is 1.18 bits per heavy atom. The van der Waals surface area contributed by atoms with Crippen molar-refractivity contribution in [1.29, 1.82) is 0 Å². The molecule has 0 spiro atoms. The number of hydrogen-bond acceptors (Lipinski definition) is 5. The van der Waals surface area contributed by atoms with E-state index in [4.69, 9.17) is 4.74 Å². The van der Waals surface area contributed by atoms with Gasteiger partial charge in [0.2, 0.25) is 5.91 Å². The first kappa shape index (κ1) is 19.9. The number of rotatable bonds is 7. The number of nitrogens with zero attached hydrogens (tertiary/aromatic N) is 1. The summed E-state index contributed by atoms with van der Waals surface area (Å²) in [7, 11) is 0. The molecule has 1 N–H and O–H groups in total. The fourth-order valence-electron chi connectivity index (χ4n) is 3.00. The van der Waals surface area contributed by atoms with Crippen molar-refractivity contribution in [3.63, 3.8) is 0 Å². The molecule has 0 aromatic heterocycles. The summed E-state index contributed by atoms with van der Waals surface area (Å²) in [6.45, 7) is 0.290. The van der Waals surface area contributed by atoms with Gasteiger partial charge in [-0.2, -0.15) is 0 Å². The average Bonchev–Trinajstić information content (AvgIpc) is 3.13. The van der Waals surface area contributed by atoms with E-state index >= 15 is 0 Å². The largest absolute Gasteiger partial charge is 0.455 e. The number of amides is 2. The number of anilines is 1. The van der Waals surface area contributed by atoms with Crippen LogP contribution in [0.4, 0.5) is 5.69 Å². The van der Waals surface area contributed by atoms with Crippen molar-refractivity contribution in [2.24, 2.45) is 5.92 Å². The van der Waals surface area contributed by atoms with E-state index in [1.54, 1.807) is 16.7 Å². The molecule has 6 nitrogen and oxygen atoms in total. The summed E-state index contributed by atoms with van der Waals surface area (Å²) in [5.41, 5.74) is 1.74. The van der Waals surface area contributed by atoms with Crippen LogP contribution in [0.15, 0.2) is 59.5 Å². The normalized spacial score (nSPS) is 16.1. The van der Waals surface area contributed by atoms with Crippen LogP contribution < -0.4 is 10.2 Å². The van der Waals surface area contributed by atoms with Gasteiger partial charge in [0.1, 0.15) is 0 Å². The Kier molecular flexibility index (Phi) is 6.71. The molecule has 0 saturated carbocycles. The van der Waals surface area contributed by atoms with Crippen molar-refractivity contribution in [2.75, 3.05) is 24.3 Å². The van der Waals surface area contributed by atoms with E-state index in [1.807, 2.05) is 60.9 Å². The van der Waals surface area contributed by atoms with E-state index in [0.29, 0.717) is 6.54 Å². The first-order chi connectivity index (χ1) is 13.6. The minimum atomic E-state index is -0.563. The molecule has 0 bridgehead atoms. The minimum Gasteiger partial charge on any atom is -0.455 e. The third kappa shape index (κ3) is 5.13. The number of carbonyl (C=O) groups excluding carboxylic acids is 3. The van der Waals surface area contributed by atoms with Gasteiger partial charge < -0.3 is 15.0 Å². The number of esters is 1. The Hall–Kier alpha value is -2.80. The Morgan fingerprint density at radius 3 is 2.71 bits per heavy atom. The highest BCUT2D eigenvalue weighted by Gasteiger charge is 2.36. The van der Waals surface area contributed by atoms with Gasteiger partial charge in [-0.05, 0) is 30.0 Å². The van der Waals surface area contributed by atoms with Crippen molar-refractivity contribution in [2.45, 2.75) is 17.9 Å². The first-order valence-corrected chi connectivity index (χ1v) is 10.2. The number of ether oxygens (including phenoxy) is 1. The summed E-state index contributed by atoms with van der Waals surface area (Å²) < 4.78 is 5.12. The van der Waals surface area contributed by atoms with Crippen molar-refractivity contribution in [1.82, 2.24) is 5.32 Å². The lowest BCUT2D eigenvalue weighted by molar-refractivity contribution is -0.152. The van der Waals surface area contributed by atoms with Crippen LogP contribution in [-0.4, -0.2) is 37.2 Å². The molecule has 0 radical (unpaired) electrons. The van der Waals surface area contributed by atoms with Gasteiger partial charge in [-0.15, -0.1) is 11.8 Å². The highest BCUT2D eigenvalue weighted by molar-refractivity contribution is 7.98. The molecule has 7 heteroatoms. The van der Waals surface area contributed by atoms with E-state index in [2.05, 4.69) is 5.32 Å². The summed E-state index contributed by atoms with van der Waals surface area (Å²) >= 11 is 1.59. The Balaban J connectivity index is 1.48. The van der Waals surface area contributed by atoms with Gasteiger partial charge >= 0.3 is 5.97 Å². The zero-order valence-corrected chi connectivity index (χ0v) is 16.4. The van der Waals surface area contributed by atoms with E-state index in [0.717, 1.165) is 16.1 Å². The molecule has 1 aliphatic rings. The summed E-state index contributed by atoms with van der Waals surface area (Å²) in [6, 6.07) is 17.1. The number of benzene rings is 2. The summed E-state index contributed by atoms with van der Waals surface area (Å²) in [5, 5.41) is 2.71. The van der Waals surface area contributed by atoms with Crippen LogP contribution in [0.2, 0.25) is 0 Å². The fourth-order valence-corrected chi connectivity index (χ4v) is 3.45. The van der Waals surface area contributed by atoms with Gasteiger partial charge in [0.25, 0.3) is 5.91 Å². The predicted octanol–water partition coefficient (Wildman–Crippen LogP) is 2.62. The third-order valence-corrected chi connectivity index (χ3v) is 5.23. The summed E-state index contributed by atoms with van der Waals surface area (Å²) in [4.78, 5) is 39.1. The lowest BCUT2D eigenvalue weighted by Crippen LogP contribution is -2.31. The van der Waals surface area contributed by atoms with Crippen LogP contribution in [0.25, 0.3) is 0 Å². The second-order valence-electron chi connectivity index (χ2n) is 6.48. The Labute approximate surface area is 168 Å². The first-order valence-electron chi connectivity index (χ1n) is 8.98. The van der Waals surface area contributed by atoms with Gasteiger partial charge in [0.15, 0.2) is 6.61 Å². The third-order valence-electron chi connectivity index (χ3n) is 4.50. The smallest absolute Gasteiger partial charge is 0.311 e. The summed E-state index contributed by atoms with van der Waals surface area (Å²) in [5.74, 6) is -1.57. The number of thioether (sulfide) groups is 1. The maximum Gasteiger partial charge on any atom is 0.311 e. The quantitative estimate of drug-likeness (QED) is 0.573. The van der Waals surface area contributed by atoms with Crippen LogP contribution in [-0.2, 0) is 25.7 Å². The molecule has 1 fully saturated rings. The average molecular weight is 398 g/mol. The van der Waals surface area contributed by atoms with Gasteiger partial charge in [-0.3, -0.25) is 14.4 Å². The molecule has 2 aromatic rings. The zero-order chi connectivity index (χ0) is 19.9. The van der Waals surface area contributed by atoms with Gasteiger partial charge in [0.05, 0.1) is 5.92 Å². The van der Waals surface area contributed by atoms with Crippen molar-refractivity contribution in [3.8, 4) is 0 Å². The van der Waals surface area contributed by atoms with Crippen LogP contribution in [0.3, 0.4) is 0 Å². The second-order valence-corrected chi connectivity index (χ2v) is 7.36. The zero-order valence-electron chi connectivity index (χ0n) is 15.6. The monoisotopic (exact) mass is 398 g/mol. The van der Waals surface area contributed by atoms with Gasteiger partial charge in [0, 0.05) is 30.1 Å². The molecule has 3 rings (SSSR count). The summed E-state index contributed by atoms with van der Waals surface area (Å²) in [6.07, 6.45) is 2.06. The van der Waals surface area contributed by atoms with E-state index in [9.17, 15) is 14.4 Å². The van der Waals surface area contributed by atoms with E-state index in [1.165, 1.54) is 0 Å². The molecule has 28 heavy (non-hydrogen) atoms. The molecule has 1 saturated heterocycles. The van der Waals surface area contributed by atoms with Crippen LogP contribution in [0.5, 0.6) is 0 Å². The van der Waals surface area contributed by atoms with Crippen LogP contribution >= 0.6 is 11.8 Å². The highest BCUT2D eigenvalue weighted by atomic mass is 32.2. The van der Waals surface area contributed by atoms with Crippen molar-refractivity contribution < 1.29 is 19.1 Å².